The molecule has 0 aliphatic rings. The first-order valence-corrected chi connectivity index (χ1v) is 7.25. The number of methoxy groups -OCH3 is 1. The first-order valence-electron chi connectivity index (χ1n) is 7.25. The Morgan fingerprint density at radius 1 is 1.24 bits per heavy atom. The summed E-state index contributed by atoms with van der Waals surface area (Å²) in [7, 11) is 1.48. The summed E-state index contributed by atoms with van der Waals surface area (Å²) in [5, 5.41) is 3.54. The Morgan fingerprint density at radius 2 is 2.00 bits per heavy atom. The summed E-state index contributed by atoms with van der Waals surface area (Å²) in [6.07, 6.45) is 0.976. The van der Waals surface area contributed by atoms with Gasteiger partial charge in [0.15, 0.2) is 11.6 Å². The summed E-state index contributed by atoms with van der Waals surface area (Å²) in [6, 6.07) is 11.4. The van der Waals surface area contributed by atoms with E-state index < -0.39 is 0 Å². The molecule has 0 saturated carbocycles. The van der Waals surface area contributed by atoms with E-state index in [-0.39, 0.29) is 17.6 Å². The van der Waals surface area contributed by atoms with Crippen LogP contribution in [0.3, 0.4) is 0 Å². The maximum atomic E-state index is 13.5. The minimum Gasteiger partial charge on any atom is -0.494 e. The number of anilines is 1. The summed E-state index contributed by atoms with van der Waals surface area (Å²) in [4.78, 5) is 0. The number of nitrogens with one attached hydrogen (secondary N) is 1. The van der Waals surface area contributed by atoms with Crippen LogP contribution in [0, 0.1) is 12.7 Å². The third kappa shape index (κ3) is 3.35. The largest absolute Gasteiger partial charge is 0.494 e. The average Bonchev–Trinajstić information content (AvgIpc) is 2.49. The molecule has 0 fully saturated rings. The second-order valence-corrected chi connectivity index (χ2v) is 5.22. The predicted octanol–water partition coefficient (Wildman–Crippen LogP) is 4.88. The van der Waals surface area contributed by atoms with Gasteiger partial charge >= 0.3 is 0 Å². The molecule has 0 aliphatic carbocycles. The predicted molar refractivity (Wildman–Crippen MR) is 85.5 cm³/mol. The molecule has 1 N–H and O–H groups in total. The molecule has 0 saturated heterocycles. The Labute approximate surface area is 126 Å². The highest BCUT2D eigenvalue weighted by atomic mass is 19.1. The van der Waals surface area contributed by atoms with Gasteiger partial charge in [0.25, 0.3) is 0 Å². The summed E-state index contributed by atoms with van der Waals surface area (Å²) in [6.45, 7) is 6.31. The quantitative estimate of drug-likeness (QED) is 0.846. The third-order valence-corrected chi connectivity index (χ3v) is 3.78. The van der Waals surface area contributed by atoms with Crippen LogP contribution in [0.2, 0.25) is 0 Å². The number of benzene rings is 2. The number of aryl methyl sites for hydroxylation is 2. The Kier molecular flexibility index (Phi) is 4.84. The zero-order chi connectivity index (χ0) is 15.4. The lowest BCUT2D eigenvalue weighted by Gasteiger charge is -2.20. The lowest BCUT2D eigenvalue weighted by Crippen LogP contribution is -2.10. The van der Waals surface area contributed by atoms with Crippen molar-refractivity contribution in [3.63, 3.8) is 0 Å². The Balaban J connectivity index is 2.28. The minimum atomic E-state index is -0.335. The van der Waals surface area contributed by atoms with Crippen LogP contribution in [0.25, 0.3) is 0 Å². The summed E-state index contributed by atoms with van der Waals surface area (Å²) in [5.74, 6) is -0.0553. The van der Waals surface area contributed by atoms with Crippen molar-refractivity contribution in [3.05, 3.63) is 58.9 Å². The van der Waals surface area contributed by atoms with Crippen LogP contribution in [0.15, 0.2) is 36.4 Å². The molecule has 2 aromatic rings. The molecule has 1 atom stereocenters. The van der Waals surface area contributed by atoms with Gasteiger partial charge in [0.1, 0.15) is 0 Å². The normalized spacial score (nSPS) is 12.0. The molecule has 0 aromatic heterocycles. The molecule has 1 unspecified atom stereocenters. The van der Waals surface area contributed by atoms with Crippen molar-refractivity contribution >= 4 is 5.69 Å². The lowest BCUT2D eigenvalue weighted by atomic mass is 10.0. The highest BCUT2D eigenvalue weighted by Gasteiger charge is 2.12. The van der Waals surface area contributed by atoms with Crippen LogP contribution in [0.5, 0.6) is 5.75 Å². The zero-order valence-corrected chi connectivity index (χ0v) is 13.0. The fourth-order valence-corrected chi connectivity index (χ4v) is 2.48. The molecule has 0 bridgehead atoms. The number of ether oxygens (including phenoxy) is 1. The number of hydrogen-bond acceptors (Lipinski definition) is 2. The van der Waals surface area contributed by atoms with Crippen molar-refractivity contribution in [2.45, 2.75) is 33.2 Å². The molecule has 0 aliphatic heterocycles. The van der Waals surface area contributed by atoms with Gasteiger partial charge < -0.3 is 10.1 Å². The van der Waals surface area contributed by atoms with E-state index in [1.807, 2.05) is 0 Å². The zero-order valence-electron chi connectivity index (χ0n) is 13.0. The van der Waals surface area contributed by atoms with Gasteiger partial charge in [-0.1, -0.05) is 31.2 Å². The molecule has 3 heteroatoms. The average molecular weight is 287 g/mol. The van der Waals surface area contributed by atoms with E-state index in [1.165, 1.54) is 24.3 Å². The molecule has 0 heterocycles. The molecule has 0 radical (unpaired) electrons. The SMILES string of the molecule is CCc1cccc(C)c1NC(C)c1ccc(F)c(OC)c1. The second-order valence-electron chi connectivity index (χ2n) is 5.22. The molecule has 2 nitrogen and oxygen atoms in total. The van der Waals surface area contributed by atoms with Crippen LogP contribution < -0.4 is 10.1 Å². The number of para-hydroxylation sites is 1. The number of rotatable bonds is 5. The van der Waals surface area contributed by atoms with Gasteiger partial charge in [-0.05, 0) is 49.1 Å². The fourth-order valence-electron chi connectivity index (χ4n) is 2.48. The molecule has 0 amide bonds. The highest BCUT2D eigenvalue weighted by molar-refractivity contribution is 5.58. The summed E-state index contributed by atoms with van der Waals surface area (Å²) >= 11 is 0. The van der Waals surface area contributed by atoms with Crippen LogP contribution in [-0.2, 0) is 6.42 Å². The number of halogens is 1. The first-order chi connectivity index (χ1) is 10.1. The topological polar surface area (TPSA) is 21.3 Å². The standard InChI is InChI=1S/C18H22FNO/c1-5-14-8-6-7-12(2)18(14)20-13(3)15-9-10-16(19)17(11-15)21-4/h6-11,13,20H,5H2,1-4H3. The van der Waals surface area contributed by atoms with Crippen LogP contribution >= 0.6 is 0 Å². The van der Waals surface area contributed by atoms with E-state index in [0.717, 1.165) is 17.7 Å². The van der Waals surface area contributed by atoms with Crippen molar-refractivity contribution in [3.8, 4) is 5.75 Å². The van der Waals surface area contributed by atoms with Crippen molar-refractivity contribution < 1.29 is 9.13 Å². The van der Waals surface area contributed by atoms with E-state index in [1.54, 1.807) is 12.1 Å². The van der Waals surface area contributed by atoms with Gasteiger partial charge in [-0.3, -0.25) is 0 Å². The van der Waals surface area contributed by atoms with Gasteiger partial charge in [0, 0.05) is 11.7 Å². The van der Waals surface area contributed by atoms with E-state index in [4.69, 9.17) is 4.74 Å². The monoisotopic (exact) mass is 287 g/mol. The molecular weight excluding hydrogens is 265 g/mol. The van der Waals surface area contributed by atoms with E-state index in [2.05, 4.69) is 44.3 Å². The third-order valence-electron chi connectivity index (χ3n) is 3.78. The number of hydrogen-bond donors (Lipinski definition) is 1. The van der Waals surface area contributed by atoms with Gasteiger partial charge in [-0.15, -0.1) is 0 Å². The maximum absolute atomic E-state index is 13.5. The van der Waals surface area contributed by atoms with E-state index in [0.29, 0.717) is 0 Å². The smallest absolute Gasteiger partial charge is 0.165 e. The van der Waals surface area contributed by atoms with Crippen molar-refractivity contribution in [2.24, 2.45) is 0 Å². The fraction of sp³-hybridized carbons (Fsp3) is 0.333. The van der Waals surface area contributed by atoms with Crippen LogP contribution in [0.4, 0.5) is 10.1 Å². The maximum Gasteiger partial charge on any atom is 0.165 e. The Morgan fingerprint density at radius 3 is 2.67 bits per heavy atom. The Hall–Kier alpha value is -2.03. The van der Waals surface area contributed by atoms with Crippen LogP contribution in [0.1, 0.15) is 36.6 Å². The van der Waals surface area contributed by atoms with Crippen LogP contribution in [-0.4, -0.2) is 7.11 Å². The van der Waals surface area contributed by atoms with Gasteiger partial charge in [0.05, 0.1) is 7.11 Å². The highest BCUT2D eigenvalue weighted by Crippen LogP contribution is 2.28. The molecular formula is C18H22FNO. The summed E-state index contributed by atoms with van der Waals surface area (Å²) in [5.41, 5.74) is 4.67. The minimum absolute atomic E-state index is 0.0749. The van der Waals surface area contributed by atoms with E-state index in [9.17, 15) is 4.39 Å². The summed E-state index contributed by atoms with van der Waals surface area (Å²) < 4.78 is 18.5. The van der Waals surface area contributed by atoms with Crippen molar-refractivity contribution in [2.75, 3.05) is 12.4 Å². The molecule has 2 aromatic carbocycles. The molecule has 2 rings (SSSR count). The molecule has 0 spiro atoms. The second kappa shape index (κ2) is 6.61. The first kappa shape index (κ1) is 15.4. The van der Waals surface area contributed by atoms with Crippen molar-refractivity contribution in [1.82, 2.24) is 0 Å². The van der Waals surface area contributed by atoms with Gasteiger partial charge in [-0.25, -0.2) is 4.39 Å². The molecule has 21 heavy (non-hydrogen) atoms. The lowest BCUT2D eigenvalue weighted by molar-refractivity contribution is 0.385. The van der Waals surface area contributed by atoms with Gasteiger partial charge in [0.2, 0.25) is 0 Å². The van der Waals surface area contributed by atoms with E-state index >= 15 is 0 Å². The molecule has 112 valence electrons. The van der Waals surface area contributed by atoms with Gasteiger partial charge in [-0.2, -0.15) is 0 Å². The van der Waals surface area contributed by atoms with Crippen molar-refractivity contribution in [1.29, 1.82) is 0 Å². The Bertz CT molecular complexity index is 625.